The first-order valence-electron chi connectivity index (χ1n) is 10.5. The molecule has 2 aliphatic carbocycles. The molecule has 0 radical (unpaired) electrons. The number of carbonyl (C=O) groups is 3. The van der Waals surface area contributed by atoms with Gasteiger partial charge in [0.2, 0.25) is 0 Å². The van der Waals surface area contributed by atoms with E-state index in [1.54, 1.807) is 49.4 Å². The van der Waals surface area contributed by atoms with E-state index in [0.29, 0.717) is 9.99 Å². The van der Waals surface area contributed by atoms with Gasteiger partial charge in [-0.1, -0.05) is 12.2 Å². The number of halogens is 4. The van der Waals surface area contributed by atoms with Crippen molar-refractivity contribution in [3.8, 4) is 5.75 Å². The van der Waals surface area contributed by atoms with Gasteiger partial charge in [0.1, 0.15) is 11.2 Å². The highest BCUT2D eigenvalue weighted by Gasteiger charge is 2.54. The van der Waals surface area contributed by atoms with Crippen LogP contribution in [0.3, 0.4) is 0 Å². The number of rotatable bonds is 7. The van der Waals surface area contributed by atoms with Crippen molar-refractivity contribution in [1.29, 1.82) is 0 Å². The van der Waals surface area contributed by atoms with Gasteiger partial charge in [-0.3, -0.25) is 9.59 Å². The zero-order valence-electron chi connectivity index (χ0n) is 19.1. The van der Waals surface area contributed by atoms with Crippen molar-refractivity contribution in [1.82, 2.24) is 0 Å². The lowest BCUT2D eigenvalue weighted by molar-refractivity contribution is -0.166. The highest BCUT2D eigenvalue weighted by Crippen LogP contribution is 2.49. The van der Waals surface area contributed by atoms with Crippen LogP contribution in [0.5, 0.6) is 5.75 Å². The van der Waals surface area contributed by atoms with E-state index in [1.165, 1.54) is 6.07 Å². The molecule has 3 rings (SSSR count). The Bertz CT molecular complexity index is 1220. The van der Waals surface area contributed by atoms with Gasteiger partial charge < -0.3 is 18.8 Å². The van der Waals surface area contributed by atoms with Crippen LogP contribution in [-0.2, 0) is 29.2 Å². The fraction of sp³-hybridized carbons (Fsp3) is 0.500. The Kier molecular flexibility index (Phi) is 8.42. The average molecular weight is 753 g/mol. The maximum Gasteiger partial charge on any atom is 0.367 e. The van der Waals surface area contributed by atoms with Crippen LogP contribution in [0.25, 0.3) is 0 Å². The Morgan fingerprint density at radius 3 is 2.14 bits per heavy atom. The van der Waals surface area contributed by atoms with Crippen molar-refractivity contribution in [2.45, 2.75) is 38.0 Å². The maximum absolute atomic E-state index is 13.5. The number of alkyl halides is 2. The number of ether oxygens (including phenoxy) is 3. The van der Waals surface area contributed by atoms with Crippen molar-refractivity contribution < 1.29 is 50.3 Å². The predicted molar refractivity (Wildman–Crippen MR) is 136 cm³/mol. The molecular formula is C22H21F2I2O9S-. The Morgan fingerprint density at radius 1 is 1.06 bits per heavy atom. The zero-order chi connectivity index (χ0) is 27.2. The molecule has 0 spiro atoms. The van der Waals surface area contributed by atoms with E-state index in [-0.39, 0.29) is 21.2 Å². The molecule has 2 aliphatic rings. The van der Waals surface area contributed by atoms with Crippen molar-refractivity contribution >= 4 is 73.2 Å². The molecule has 14 heteroatoms. The second-order valence-corrected chi connectivity index (χ2v) is 13.3. The topological polar surface area (TPSA) is 136 Å². The summed E-state index contributed by atoms with van der Waals surface area (Å²) >= 11 is 3.60. The lowest BCUT2D eigenvalue weighted by Gasteiger charge is -2.29. The molecule has 36 heavy (non-hydrogen) atoms. The summed E-state index contributed by atoms with van der Waals surface area (Å²) in [4.78, 5) is 38.7. The molecule has 0 heterocycles. The van der Waals surface area contributed by atoms with E-state index in [1.807, 2.05) is 34.7 Å². The lowest BCUT2D eigenvalue weighted by Crippen LogP contribution is -2.39. The van der Waals surface area contributed by atoms with E-state index in [9.17, 15) is 36.1 Å². The van der Waals surface area contributed by atoms with E-state index in [4.69, 9.17) is 9.47 Å². The van der Waals surface area contributed by atoms with Gasteiger partial charge in [0, 0.05) is 3.57 Å². The molecule has 0 N–H and O–H groups in total. The number of esters is 3. The summed E-state index contributed by atoms with van der Waals surface area (Å²) in [7, 11) is -6.07. The summed E-state index contributed by atoms with van der Waals surface area (Å²) in [5.74, 6) is -5.31. The third-order valence-corrected chi connectivity index (χ3v) is 7.85. The van der Waals surface area contributed by atoms with Crippen LogP contribution < -0.4 is 4.74 Å². The number of hydrogen-bond donors (Lipinski definition) is 0. The second-order valence-electron chi connectivity index (χ2n) is 9.39. The van der Waals surface area contributed by atoms with Gasteiger partial charge in [-0.05, 0) is 96.3 Å². The van der Waals surface area contributed by atoms with Crippen molar-refractivity contribution in [3.05, 3.63) is 37.0 Å². The first-order chi connectivity index (χ1) is 16.4. The standard InChI is InChI=1S/C22H22F2I2O9S/c1-21(2,3)35-20(29)16-11-5-4-10(6-11)15(16)19(28)34-17-13(7-12(25)8-14(17)26)18(27)33-9-22(23,24)36(30,31)32/h4-5,7-8,10-11,15-16H,6,9H2,1-3H3,(H,30,31,32)/p-1. The number of fused-ring (bicyclic) bond motifs is 2. The van der Waals surface area contributed by atoms with Crippen molar-refractivity contribution in [2.24, 2.45) is 23.7 Å². The minimum absolute atomic E-state index is 0.223. The Balaban J connectivity index is 1.87. The van der Waals surface area contributed by atoms with Gasteiger partial charge in [0.15, 0.2) is 22.5 Å². The van der Waals surface area contributed by atoms with Crippen LogP contribution in [0, 0.1) is 30.8 Å². The van der Waals surface area contributed by atoms with E-state index in [2.05, 4.69) is 4.74 Å². The number of carbonyl (C=O) groups excluding carboxylic acids is 3. The van der Waals surface area contributed by atoms with Crippen LogP contribution in [0.15, 0.2) is 24.3 Å². The molecule has 1 saturated carbocycles. The van der Waals surface area contributed by atoms with Crippen LogP contribution in [-0.4, -0.2) is 48.3 Å². The number of benzene rings is 1. The largest absolute Gasteiger partial charge is 0.743 e. The van der Waals surface area contributed by atoms with Crippen molar-refractivity contribution in [2.75, 3.05) is 6.61 Å². The Labute approximate surface area is 233 Å². The first kappa shape index (κ1) is 29.2. The third kappa shape index (κ3) is 6.35. The molecule has 0 aliphatic heterocycles. The van der Waals surface area contributed by atoms with Crippen LogP contribution >= 0.6 is 45.2 Å². The quantitative estimate of drug-likeness (QED) is 0.134. The molecule has 0 aromatic heterocycles. The molecule has 9 nitrogen and oxygen atoms in total. The summed E-state index contributed by atoms with van der Waals surface area (Å²) in [6.07, 6.45) is 4.21. The van der Waals surface area contributed by atoms with Crippen LogP contribution in [0.2, 0.25) is 0 Å². The molecule has 1 aromatic rings. The molecule has 2 bridgehead atoms. The average Bonchev–Trinajstić information content (AvgIpc) is 3.33. The highest BCUT2D eigenvalue weighted by atomic mass is 127. The van der Waals surface area contributed by atoms with E-state index in [0.717, 1.165) is 0 Å². The van der Waals surface area contributed by atoms with Crippen LogP contribution in [0.1, 0.15) is 37.6 Å². The van der Waals surface area contributed by atoms with Gasteiger partial charge in [0.25, 0.3) is 0 Å². The van der Waals surface area contributed by atoms with E-state index < -0.39 is 62.9 Å². The van der Waals surface area contributed by atoms with Crippen LogP contribution in [0.4, 0.5) is 8.78 Å². The Hall–Kier alpha value is -1.40. The smallest absolute Gasteiger partial charge is 0.367 e. The van der Waals surface area contributed by atoms with Gasteiger partial charge in [-0.25, -0.2) is 13.2 Å². The lowest BCUT2D eigenvalue weighted by atomic mass is 9.83. The molecular weight excluding hydrogens is 732 g/mol. The maximum atomic E-state index is 13.5. The summed E-state index contributed by atoms with van der Waals surface area (Å²) < 4.78 is 75.2. The zero-order valence-corrected chi connectivity index (χ0v) is 24.3. The molecule has 0 amide bonds. The van der Waals surface area contributed by atoms with Gasteiger partial charge in [-0.2, -0.15) is 8.78 Å². The molecule has 1 aromatic carbocycles. The minimum Gasteiger partial charge on any atom is -0.743 e. The molecule has 198 valence electrons. The van der Waals surface area contributed by atoms with Gasteiger partial charge in [-0.15, -0.1) is 0 Å². The SMILES string of the molecule is CC(C)(C)OC(=O)C1C2C=CC(C2)C1C(=O)Oc1c(I)cc(I)cc1C(=O)OCC(F)(F)S(=O)(=O)[O-]. The summed E-state index contributed by atoms with van der Waals surface area (Å²) in [6.45, 7) is 3.10. The summed E-state index contributed by atoms with van der Waals surface area (Å²) in [6, 6.07) is 2.74. The highest BCUT2D eigenvalue weighted by molar-refractivity contribution is 14.1. The van der Waals surface area contributed by atoms with Gasteiger partial charge >= 0.3 is 23.2 Å². The fourth-order valence-electron chi connectivity index (χ4n) is 4.12. The van der Waals surface area contributed by atoms with Crippen molar-refractivity contribution in [3.63, 3.8) is 0 Å². The minimum atomic E-state index is -6.07. The summed E-state index contributed by atoms with van der Waals surface area (Å²) in [5.41, 5.74) is -1.20. The fourth-order valence-corrected chi connectivity index (χ4v) is 6.28. The second kappa shape index (κ2) is 10.4. The number of allylic oxidation sites excluding steroid dienone is 2. The Morgan fingerprint density at radius 2 is 1.61 bits per heavy atom. The molecule has 4 atom stereocenters. The monoisotopic (exact) mass is 753 g/mol. The van der Waals surface area contributed by atoms with Gasteiger partial charge in [0.05, 0.1) is 15.4 Å². The summed E-state index contributed by atoms with van der Waals surface area (Å²) in [5, 5.41) is -4.84. The number of hydrogen-bond acceptors (Lipinski definition) is 9. The molecule has 0 saturated heterocycles. The molecule has 4 unspecified atom stereocenters. The third-order valence-electron chi connectivity index (χ3n) is 5.58. The molecule has 1 fully saturated rings. The predicted octanol–water partition coefficient (Wildman–Crippen LogP) is 3.88. The normalized spacial score (nSPS) is 23.4. The first-order valence-corrected chi connectivity index (χ1v) is 14.1. The van der Waals surface area contributed by atoms with E-state index >= 15 is 0 Å².